The Balaban J connectivity index is 1.82. The van der Waals surface area contributed by atoms with Gasteiger partial charge in [-0.3, -0.25) is 0 Å². The maximum absolute atomic E-state index is 12.2. The summed E-state index contributed by atoms with van der Waals surface area (Å²) in [4.78, 5) is 28.2. The van der Waals surface area contributed by atoms with Crippen molar-refractivity contribution >= 4 is 34.9 Å². The van der Waals surface area contributed by atoms with Gasteiger partial charge >= 0.3 is 12.0 Å². The Hall–Kier alpha value is -2.48. The minimum atomic E-state index is -0.439. The van der Waals surface area contributed by atoms with E-state index in [1.807, 2.05) is 24.3 Å². The second-order valence-electron chi connectivity index (χ2n) is 5.17. The second kappa shape index (κ2) is 6.96. The van der Waals surface area contributed by atoms with E-state index in [-0.39, 0.29) is 12.6 Å². The maximum atomic E-state index is 12.2. The van der Waals surface area contributed by atoms with Gasteiger partial charge in [-0.05, 0) is 26.0 Å². The Bertz CT molecular complexity index is 782. The predicted octanol–water partition coefficient (Wildman–Crippen LogP) is 2.44. The molecule has 8 heteroatoms. The third-order valence-corrected chi connectivity index (χ3v) is 4.33. The maximum Gasteiger partial charge on any atom is 0.337 e. The number of esters is 1. The van der Waals surface area contributed by atoms with Gasteiger partial charge in [-0.15, -0.1) is 0 Å². The van der Waals surface area contributed by atoms with E-state index < -0.39 is 12.0 Å². The number of urea groups is 1. The molecule has 126 valence electrons. The first-order valence-electron chi connectivity index (χ1n) is 7.54. The van der Waals surface area contributed by atoms with Gasteiger partial charge in [-0.25, -0.2) is 14.6 Å². The molecule has 1 aliphatic rings. The van der Waals surface area contributed by atoms with E-state index in [0.29, 0.717) is 27.8 Å². The SMILES string of the molecule is CCOC(=O)C1=C(CSc2nc3ccccc3o2)NC(=O)N[C@H]1C. The Morgan fingerprint density at radius 1 is 1.42 bits per heavy atom. The molecule has 24 heavy (non-hydrogen) atoms. The molecule has 0 radical (unpaired) electrons. The summed E-state index contributed by atoms with van der Waals surface area (Å²) < 4.78 is 10.7. The summed E-state index contributed by atoms with van der Waals surface area (Å²) in [6.07, 6.45) is 0. The van der Waals surface area contributed by atoms with Crippen LogP contribution < -0.4 is 10.6 Å². The van der Waals surface area contributed by atoms with E-state index in [2.05, 4.69) is 15.6 Å². The van der Waals surface area contributed by atoms with Gasteiger partial charge in [0.2, 0.25) is 0 Å². The Morgan fingerprint density at radius 3 is 2.96 bits per heavy atom. The average molecular weight is 347 g/mol. The summed E-state index contributed by atoms with van der Waals surface area (Å²) in [5.74, 6) is -0.0932. The van der Waals surface area contributed by atoms with Crippen LogP contribution >= 0.6 is 11.8 Å². The fraction of sp³-hybridized carbons (Fsp3) is 0.312. The van der Waals surface area contributed by atoms with Gasteiger partial charge in [-0.1, -0.05) is 23.9 Å². The predicted molar refractivity (Wildman–Crippen MR) is 89.5 cm³/mol. The number of rotatable bonds is 5. The van der Waals surface area contributed by atoms with E-state index in [4.69, 9.17) is 9.15 Å². The van der Waals surface area contributed by atoms with Crippen LogP contribution in [0.25, 0.3) is 11.1 Å². The topological polar surface area (TPSA) is 93.5 Å². The molecule has 0 fully saturated rings. The summed E-state index contributed by atoms with van der Waals surface area (Å²) in [6.45, 7) is 3.76. The molecule has 2 heterocycles. The van der Waals surface area contributed by atoms with Crippen LogP contribution in [0.1, 0.15) is 13.8 Å². The van der Waals surface area contributed by atoms with Crippen molar-refractivity contribution in [3.63, 3.8) is 0 Å². The highest BCUT2D eigenvalue weighted by Crippen LogP contribution is 2.26. The smallest absolute Gasteiger partial charge is 0.337 e. The molecule has 1 atom stereocenters. The van der Waals surface area contributed by atoms with Crippen molar-refractivity contribution in [3.05, 3.63) is 35.5 Å². The van der Waals surface area contributed by atoms with Crippen molar-refractivity contribution in [2.45, 2.75) is 25.1 Å². The molecular weight excluding hydrogens is 330 g/mol. The van der Waals surface area contributed by atoms with Crippen LogP contribution in [0.2, 0.25) is 0 Å². The lowest BCUT2D eigenvalue weighted by Crippen LogP contribution is -2.49. The van der Waals surface area contributed by atoms with Crippen LogP contribution in [0, 0.1) is 0 Å². The lowest BCUT2D eigenvalue weighted by Gasteiger charge is -2.26. The number of carbonyl (C=O) groups excluding carboxylic acids is 2. The summed E-state index contributed by atoms with van der Waals surface area (Å²) in [7, 11) is 0. The highest BCUT2D eigenvalue weighted by Gasteiger charge is 2.29. The number of nitrogens with zero attached hydrogens (tertiary/aromatic N) is 1. The molecule has 0 unspecified atom stereocenters. The zero-order valence-corrected chi connectivity index (χ0v) is 14.1. The van der Waals surface area contributed by atoms with E-state index in [1.54, 1.807) is 13.8 Å². The second-order valence-corrected chi connectivity index (χ2v) is 6.10. The van der Waals surface area contributed by atoms with Gasteiger partial charge < -0.3 is 19.8 Å². The molecule has 1 aliphatic heterocycles. The van der Waals surface area contributed by atoms with Crippen molar-refractivity contribution in [2.75, 3.05) is 12.4 Å². The number of para-hydroxylation sites is 2. The molecule has 0 bridgehead atoms. The van der Waals surface area contributed by atoms with E-state index in [1.165, 1.54) is 11.8 Å². The molecule has 3 rings (SSSR count). The first-order chi connectivity index (χ1) is 11.6. The van der Waals surface area contributed by atoms with Gasteiger partial charge in [-0.2, -0.15) is 0 Å². The van der Waals surface area contributed by atoms with Crippen LogP contribution in [0.4, 0.5) is 4.79 Å². The van der Waals surface area contributed by atoms with Crippen molar-refractivity contribution in [3.8, 4) is 0 Å². The Morgan fingerprint density at radius 2 is 2.21 bits per heavy atom. The van der Waals surface area contributed by atoms with Crippen LogP contribution in [0.3, 0.4) is 0 Å². The first kappa shape index (κ1) is 16.4. The Labute approximate surface area is 142 Å². The van der Waals surface area contributed by atoms with Crippen molar-refractivity contribution in [1.82, 2.24) is 15.6 Å². The van der Waals surface area contributed by atoms with Gasteiger partial charge in [0.05, 0.1) is 18.2 Å². The number of oxazole rings is 1. The number of fused-ring (bicyclic) bond motifs is 1. The fourth-order valence-electron chi connectivity index (χ4n) is 2.44. The fourth-order valence-corrected chi connectivity index (χ4v) is 3.25. The number of ether oxygens (including phenoxy) is 1. The minimum absolute atomic E-state index is 0.272. The molecule has 0 aliphatic carbocycles. The lowest BCUT2D eigenvalue weighted by atomic mass is 10.1. The summed E-state index contributed by atoms with van der Waals surface area (Å²) in [5, 5.41) is 5.82. The summed E-state index contributed by atoms with van der Waals surface area (Å²) in [5.41, 5.74) is 2.39. The number of carbonyl (C=O) groups is 2. The summed E-state index contributed by atoms with van der Waals surface area (Å²) in [6, 6.07) is 6.69. The minimum Gasteiger partial charge on any atom is -0.463 e. The number of nitrogens with one attached hydrogen (secondary N) is 2. The third-order valence-electron chi connectivity index (χ3n) is 3.48. The van der Waals surface area contributed by atoms with Gasteiger partial charge in [0.25, 0.3) is 5.22 Å². The highest BCUT2D eigenvalue weighted by atomic mass is 32.2. The zero-order chi connectivity index (χ0) is 17.1. The molecule has 0 saturated carbocycles. The number of hydrogen-bond donors (Lipinski definition) is 2. The van der Waals surface area contributed by atoms with Gasteiger partial charge in [0.1, 0.15) is 5.52 Å². The zero-order valence-electron chi connectivity index (χ0n) is 13.3. The number of hydrogen-bond acceptors (Lipinski definition) is 6. The molecular formula is C16H17N3O4S. The monoisotopic (exact) mass is 347 g/mol. The molecule has 2 aromatic rings. The van der Waals surface area contributed by atoms with E-state index in [9.17, 15) is 9.59 Å². The number of thioether (sulfide) groups is 1. The van der Waals surface area contributed by atoms with Crippen molar-refractivity contribution in [2.24, 2.45) is 0 Å². The quantitative estimate of drug-likeness (QED) is 0.637. The first-order valence-corrected chi connectivity index (χ1v) is 8.53. The molecule has 1 aromatic heterocycles. The van der Waals surface area contributed by atoms with E-state index >= 15 is 0 Å². The van der Waals surface area contributed by atoms with Crippen LogP contribution in [-0.4, -0.2) is 35.4 Å². The molecule has 2 amide bonds. The molecule has 1 aromatic carbocycles. The van der Waals surface area contributed by atoms with Gasteiger partial charge in [0, 0.05) is 11.4 Å². The normalized spacial score (nSPS) is 17.6. The van der Waals surface area contributed by atoms with Crippen LogP contribution in [0.5, 0.6) is 0 Å². The van der Waals surface area contributed by atoms with Crippen molar-refractivity contribution < 1.29 is 18.7 Å². The average Bonchev–Trinajstić information content (AvgIpc) is 2.95. The standard InChI is InChI=1S/C16H17N3O4S/c1-3-22-14(20)13-9(2)17-15(21)18-11(13)8-24-16-19-10-6-4-5-7-12(10)23-16/h4-7,9H,3,8H2,1-2H3,(H2,17,18,21)/t9-/m0/s1. The van der Waals surface area contributed by atoms with Gasteiger partial charge in [0.15, 0.2) is 5.58 Å². The van der Waals surface area contributed by atoms with Crippen LogP contribution in [0.15, 0.2) is 45.2 Å². The molecule has 2 N–H and O–H groups in total. The Kier molecular flexibility index (Phi) is 4.75. The number of aromatic nitrogens is 1. The third kappa shape index (κ3) is 3.38. The number of amides is 2. The highest BCUT2D eigenvalue weighted by molar-refractivity contribution is 7.99. The van der Waals surface area contributed by atoms with E-state index in [0.717, 1.165) is 5.52 Å². The number of benzene rings is 1. The lowest BCUT2D eigenvalue weighted by molar-refractivity contribution is -0.138. The molecule has 0 saturated heterocycles. The van der Waals surface area contributed by atoms with Crippen LogP contribution in [-0.2, 0) is 9.53 Å². The molecule has 0 spiro atoms. The molecule has 7 nitrogen and oxygen atoms in total. The van der Waals surface area contributed by atoms with Crippen molar-refractivity contribution in [1.29, 1.82) is 0 Å². The summed E-state index contributed by atoms with van der Waals surface area (Å²) >= 11 is 1.31. The largest absolute Gasteiger partial charge is 0.463 e.